The van der Waals surface area contributed by atoms with Crippen LogP contribution in [-0.4, -0.2) is 36.6 Å². The molecule has 2 fully saturated rings. The van der Waals surface area contributed by atoms with Crippen LogP contribution in [0.15, 0.2) is 0 Å². The van der Waals surface area contributed by atoms with Gasteiger partial charge in [-0.1, -0.05) is 27.7 Å². The van der Waals surface area contributed by atoms with Crippen LogP contribution in [0.3, 0.4) is 0 Å². The molecule has 0 bridgehead atoms. The third-order valence-corrected chi connectivity index (χ3v) is 5.58. The van der Waals surface area contributed by atoms with E-state index in [0.717, 1.165) is 5.92 Å². The van der Waals surface area contributed by atoms with Gasteiger partial charge in [0.15, 0.2) is 0 Å². The molecular formula is C17H34N2. The lowest BCUT2D eigenvalue weighted by atomic mass is 9.77. The Balaban J connectivity index is 1.89. The van der Waals surface area contributed by atoms with Crippen molar-refractivity contribution in [3.8, 4) is 0 Å². The molecule has 2 rings (SSSR count). The Morgan fingerprint density at radius 3 is 2.53 bits per heavy atom. The summed E-state index contributed by atoms with van der Waals surface area (Å²) in [6, 6.07) is 0. The summed E-state index contributed by atoms with van der Waals surface area (Å²) in [4.78, 5) is 2.74. The number of rotatable bonds is 3. The van der Waals surface area contributed by atoms with Crippen LogP contribution in [0.2, 0.25) is 0 Å². The van der Waals surface area contributed by atoms with E-state index >= 15 is 0 Å². The van der Waals surface area contributed by atoms with Gasteiger partial charge in [-0.15, -0.1) is 0 Å². The third-order valence-electron chi connectivity index (χ3n) is 5.58. The van der Waals surface area contributed by atoms with Gasteiger partial charge in [-0.05, 0) is 69.5 Å². The zero-order valence-electron chi connectivity index (χ0n) is 13.6. The Kier molecular flexibility index (Phi) is 4.94. The van der Waals surface area contributed by atoms with Gasteiger partial charge in [0.25, 0.3) is 0 Å². The van der Waals surface area contributed by atoms with Crippen LogP contribution in [0.4, 0.5) is 0 Å². The van der Waals surface area contributed by atoms with Gasteiger partial charge in [0.05, 0.1) is 0 Å². The molecule has 2 aliphatic heterocycles. The number of nitrogens with zero attached hydrogens (tertiary/aromatic N) is 1. The van der Waals surface area contributed by atoms with Crippen LogP contribution >= 0.6 is 0 Å². The largest absolute Gasteiger partial charge is 0.310 e. The maximum absolute atomic E-state index is 3.79. The summed E-state index contributed by atoms with van der Waals surface area (Å²) in [6.45, 7) is 14.7. The molecule has 0 aromatic heterocycles. The van der Waals surface area contributed by atoms with Crippen molar-refractivity contribution in [2.45, 2.75) is 71.8 Å². The van der Waals surface area contributed by atoms with E-state index in [1.54, 1.807) is 0 Å². The standard InChI is InChI=1S/C17H34N2/c1-5-17(10-7-11-18-17)14-19-12-6-8-15(9-13-19)16(2,3)4/h15,18H,5-14H2,1-4H3. The second-order valence-electron chi connectivity index (χ2n) is 7.93. The van der Waals surface area contributed by atoms with Crippen molar-refractivity contribution >= 4 is 0 Å². The quantitative estimate of drug-likeness (QED) is 0.838. The Morgan fingerprint density at radius 2 is 1.95 bits per heavy atom. The molecule has 2 heterocycles. The van der Waals surface area contributed by atoms with E-state index in [0.29, 0.717) is 11.0 Å². The van der Waals surface area contributed by atoms with Crippen LogP contribution in [0.5, 0.6) is 0 Å². The molecule has 2 atom stereocenters. The molecule has 112 valence electrons. The van der Waals surface area contributed by atoms with Gasteiger partial charge in [-0.25, -0.2) is 0 Å². The maximum Gasteiger partial charge on any atom is 0.0306 e. The average Bonchev–Trinajstić information content (AvgIpc) is 2.67. The number of nitrogens with one attached hydrogen (secondary N) is 1. The first-order valence-electron chi connectivity index (χ1n) is 8.43. The average molecular weight is 266 g/mol. The fraction of sp³-hybridized carbons (Fsp3) is 1.00. The molecule has 0 amide bonds. The minimum atomic E-state index is 0.432. The zero-order valence-corrected chi connectivity index (χ0v) is 13.6. The fourth-order valence-corrected chi connectivity index (χ4v) is 4.03. The summed E-state index contributed by atoms with van der Waals surface area (Å²) in [7, 11) is 0. The Labute approximate surface area is 120 Å². The Hall–Kier alpha value is -0.0800. The first-order valence-corrected chi connectivity index (χ1v) is 8.43. The molecule has 0 aromatic rings. The summed E-state index contributed by atoms with van der Waals surface area (Å²) in [6.07, 6.45) is 8.23. The number of likely N-dealkylation sites (tertiary alicyclic amines) is 1. The third kappa shape index (κ3) is 3.95. The lowest BCUT2D eigenvalue weighted by Crippen LogP contribution is -2.49. The summed E-state index contributed by atoms with van der Waals surface area (Å²) in [5, 5.41) is 3.79. The predicted molar refractivity (Wildman–Crippen MR) is 83.5 cm³/mol. The highest BCUT2D eigenvalue weighted by Crippen LogP contribution is 2.35. The highest BCUT2D eigenvalue weighted by atomic mass is 15.2. The van der Waals surface area contributed by atoms with Crippen molar-refractivity contribution in [2.75, 3.05) is 26.2 Å². The van der Waals surface area contributed by atoms with Crippen molar-refractivity contribution < 1.29 is 0 Å². The van der Waals surface area contributed by atoms with Crippen LogP contribution in [0.25, 0.3) is 0 Å². The molecule has 0 aliphatic carbocycles. The molecule has 0 spiro atoms. The second kappa shape index (κ2) is 6.13. The van der Waals surface area contributed by atoms with Gasteiger partial charge in [0.2, 0.25) is 0 Å². The summed E-state index contributed by atoms with van der Waals surface area (Å²) in [5.74, 6) is 0.909. The van der Waals surface area contributed by atoms with E-state index in [-0.39, 0.29) is 0 Å². The fourth-order valence-electron chi connectivity index (χ4n) is 4.03. The minimum Gasteiger partial charge on any atom is -0.310 e. The molecule has 2 heteroatoms. The van der Waals surface area contributed by atoms with Gasteiger partial charge in [0, 0.05) is 12.1 Å². The van der Waals surface area contributed by atoms with Crippen LogP contribution in [-0.2, 0) is 0 Å². The van der Waals surface area contributed by atoms with E-state index in [1.807, 2.05) is 0 Å². The minimum absolute atomic E-state index is 0.432. The van der Waals surface area contributed by atoms with Gasteiger partial charge in [-0.2, -0.15) is 0 Å². The molecule has 1 N–H and O–H groups in total. The van der Waals surface area contributed by atoms with Crippen LogP contribution in [0, 0.1) is 11.3 Å². The molecule has 0 aromatic carbocycles. The normalized spacial score (nSPS) is 34.4. The molecule has 19 heavy (non-hydrogen) atoms. The first-order chi connectivity index (χ1) is 8.95. The molecule has 2 saturated heterocycles. The van der Waals surface area contributed by atoms with Crippen molar-refractivity contribution in [3.05, 3.63) is 0 Å². The monoisotopic (exact) mass is 266 g/mol. The van der Waals surface area contributed by atoms with Gasteiger partial charge >= 0.3 is 0 Å². The molecule has 2 nitrogen and oxygen atoms in total. The SMILES string of the molecule is CCC1(CN2CCCC(C(C)(C)C)CC2)CCCN1. The summed E-state index contributed by atoms with van der Waals surface area (Å²) >= 11 is 0. The molecule has 2 aliphatic rings. The van der Waals surface area contributed by atoms with E-state index in [9.17, 15) is 0 Å². The summed E-state index contributed by atoms with van der Waals surface area (Å²) in [5.41, 5.74) is 0.922. The zero-order chi connectivity index (χ0) is 13.9. The van der Waals surface area contributed by atoms with Crippen molar-refractivity contribution in [3.63, 3.8) is 0 Å². The second-order valence-corrected chi connectivity index (χ2v) is 7.93. The topological polar surface area (TPSA) is 15.3 Å². The van der Waals surface area contributed by atoms with Gasteiger partial charge in [0.1, 0.15) is 0 Å². The van der Waals surface area contributed by atoms with E-state index < -0.39 is 0 Å². The van der Waals surface area contributed by atoms with Crippen LogP contribution < -0.4 is 5.32 Å². The van der Waals surface area contributed by atoms with Crippen molar-refractivity contribution in [1.29, 1.82) is 0 Å². The molecule has 0 saturated carbocycles. The molecule has 0 radical (unpaired) electrons. The maximum atomic E-state index is 3.79. The highest BCUT2D eigenvalue weighted by Gasteiger charge is 2.34. The molecular weight excluding hydrogens is 232 g/mol. The smallest absolute Gasteiger partial charge is 0.0306 e. The number of hydrogen-bond donors (Lipinski definition) is 1. The lowest BCUT2D eigenvalue weighted by molar-refractivity contribution is 0.178. The highest BCUT2D eigenvalue weighted by molar-refractivity contribution is 4.95. The van der Waals surface area contributed by atoms with Gasteiger partial charge in [-0.3, -0.25) is 0 Å². The Morgan fingerprint density at radius 1 is 1.16 bits per heavy atom. The molecule has 2 unspecified atom stereocenters. The van der Waals surface area contributed by atoms with Crippen molar-refractivity contribution in [1.82, 2.24) is 10.2 Å². The Bertz CT molecular complexity index is 273. The van der Waals surface area contributed by atoms with E-state index in [4.69, 9.17) is 0 Å². The van der Waals surface area contributed by atoms with Crippen LogP contribution in [0.1, 0.15) is 66.2 Å². The lowest BCUT2D eigenvalue weighted by Gasteiger charge is -2.35. The predicted octanol–water partition coefficient (Wildman–Crippen LogP) is 3.67. The van der Waals surface area contributed by atoms with Gasteiger partial charge < -0.3 is 10.2 Å². The van der Waals surface area contributed by atoms with Crippen molar-refractivity contribution in [2.24, 2.45) is 11.3 Å². The summed E-state index contributed by atoms with van der Waals surface area (Å²) < 4.78 is 0. The van der Waals surface area contributed by atoms with E-state index in [2.05, 4.69) is 37.9 Å². The number of hydrogen-bond acceptors (Lipinski definition) is 2. The van der Waals surface area contributed by atoms with E-state index in [1.165, 1.54) is 64.7 Å². The first kappa shape index (κ1) is 15.3.